The van der Waals surface area contributed by atoms with Crippen LogP contribution in [0.2, 0.25) is 0 Å². The van der Waals surface area contributed by atoms with Gasteiger partial charge in [-0.2, -0.15) is 0 Å². The van der Waals surface area contributed by atoms with Gasteiger partial charge in [0.25, 0.3) is 11.8 Å². The summed E-state index contributed by atoms with van der Waals surface area (Å²) in [4.78, 5) is 49.4. The Labute approximate surface area is 195 Å². The number of methoxy groups -OCH3 is 3. The quantitative estimate of drug-likeness (QED) is 0.525. The number of rotatable bonds is 9. The molecule has 34 heavy (non-hydrogen) atoms. The molecule has 0 saturated carbocycles. The molecule has 2 aromatic rings. The first-order valence-corrected chi connectivity index (χ1v) is 10.3. The smallest absolute Gasteiger partial charge is 0.311 e. The molecule has 3 rings (SSSR count). The highest BCUT2D eigenvalue weighted by atomic mass is 16.5. The van der Waals surface area contributed by atoms with Crippen LogP contribution in [0.1, 0.15) is 16.8 Å². The molecular weight excluding hydrogens is 446 g/mol. The minimum absolute atomic E-state index is 0.0785. The minimum atomic E-state index is -0.822. The van der Waals surface area contributed by atoms with Crippen LogP contribution in [0.5, 0.6) is 17.2 Å². The number of esters is 1. The minimum Gasteiger partial charge on any atom is -0.495 e. The van der Waals surface area contributed by atoms with E-state index in [1.54, 1.807) is 30.3 Å². The molecule has 1 saturated heterocycles. The Bertz CT molecular complexity index is 1090. The molecule has 2 aromatic carbocycles. The van der Waals surface area contributed by atoms with E-state index < -0.39 is 36.2 Å². The predicted molar refractivity (Wildman–Crippen MR) is 119 cm³/mol. The summed E-state index contributed by atoms with van der Waals surface area (Å²) in [6, 6.07) is 11.4. The van der Waals surface area contributed by atoms with Crippen LogP contribution in [0.25, 0.3) is 0 Å². The van der Waals surface area contributed by atoms with E-state index >= 15 is 0 Å². The maximum absolute atomic E-state index is 12.6. The fourth-order valence-electron chi connectivity index (χ4n) is 3.33. The average Bonchev–Trinajstić information content (AvgIpc) is 3.22. The van der Waals surface area contributed by atoms with Crippen molar-refractivity contribution in [3.63, 3.8) is 0 Å². The van der Waals surface area contributed by atoms with Gasteiger partial charge in [0.05, 0.1) is 39.5 Å². The Kier molecular flexibility index (Phi) is 7.91. The number of nitrogens with zero attached hydrogens (tertiary/aromatic N) is 1. The maximum atomic E-state index is 12.6. The van der Waals surface area contributed by atoms with Gasteiger partial charge in [-0.15, -0.1) is 0 Å². The molecule has 2 N–H and O–H groups in total. The first-order chi connectivity index (χ1) is 16.4. The second kappa shape index (κ2) is 11.0. The second-order valence-electron chi connectivity index (χ2n) is 7.27. The van der Waals surface area contributed by atoms with Gasteiger partial charge < -0.3 is 24.3 Å². The monoisotopic (exact) mass is 471 g/mol. The van der Waals surface area contributed by atoms with Crippen molar-refractivity contribution in [2.45, 2.75) is 6.42 Å². The van der Waals surface area contributed by atoms with Crippen LogP contribution in [-0.2, 0) is 19.1 Å². The number of carbonyl (C=O) groups excluding carboxylic acids is 4. The molecule has 0 spiro atoms. The highest BCUT2D eigenvalue weighted by molar-refractivity contribution is 5.97. The maximum Gasteiger partial charge on any atom is 0.311 e. The summed E-state index contributed by atoms with van der Waals surface area (Å²) in [7, 11) is 4.38. The van der Waals surface area contributed by atoms with Crippen molar-refractivity contribution in [3.8, 4) is 17.2 Å². The van der Waals surface area contributed by atoms with Gasteiger partial charge in [0, 0.05) is 12.0 Å². The Hall–Kier alpha value is -4.28. The number of carbonyl (C=O) groups is 4. The Morgan fingerprint density at radius 1 is 0.971 bits per heavy atom. The van der Waals surface area contributed by atoms with Gasteiger partial charge in [0.15, 0.2) is 18.1 Å². The Morgan fingerprint density at radius 3 is 2.38 bits per heavy atom. The van der Waals surface area contributed by atoms with Gasteiger partial charge in [-0.25, -0.2) is 0 Å². The molecule has 11 nitrogen and oxygen atoms in total. The van der Waals surface area contributed by atoms with Crippen LogP contribution < -0.4 is 25.0 Å². The molecule has 11 heteroatoms. The highest BCUT2D eigenvalue weighted by Crippen LogP contribution is 2.28. The van der Waals surface area contributed by atoms with Crippen LogP contribution in [0.3, 0.4) is 0 Å². The van der Waals surface area contributed by atoms with Gasteiger partial charge in [0.1, 0.15) is 5.75 Å². The molecule has 0 bridgehead atoms. The highest BCUT2D eigenvalue weighted by Gasteiger charge is 2.36. The molecule has 1 aliphatic heterocycles. The average molecular weight is 471 g/mol. The van der Waals surface area contributed by atoms with E-state index in [4.69, 9.17) is 18.9 Å². The first-order valence-electron chi connectivity index (χ1n) is 10.3. The molecule has 0 unspecified atom stereocenters. The van der Waals surface area contributed by atoms with Crippen molar-refractivity contribution in [2.75, 3.05) is 39.8 Å². The van der Waals surface area contributed by atoms with E-state index in [0.717, 1.165) is 5.01 Å². The number of hydrogen-bond acceptors (Lipinski definition) is 8. The zero-order valence-electron chi connectivity index (χ0n) is 19.0. The summed E-state index contributed by atoms with van der Waals surface area (Å²) in [6.45, 7) is -0.607. The van der Waals surface area contributed by atoms with Crippen LogP contribution in [-0.4, -0.2) is 63.2 Å². The summed E-state index contributed by atoms with van der Waals surface area (Å²) in [6.07, 6.45) is -0.154. The summed E-state index contributed by atoms with van der Waals surface area (Å²) in [5.74, 6) is -1.83. The standard InChI is InChI=1S/C23H25N3O8/c1-31-17-7-5-4-6-16(17)24-20(27)13-34-23(30)15-11-21(28)26(12-15)25-22(29)14-8-9-18(32-2)19(10-14)33-3/h4-10,15H,11-13H2,1-3H3,(H,24,27)(H,25,29)/t15-/m1/s1. The van der Waals surface area contributed by atoms with Crippen molar-refractivity contribution in [1.29, 1.82) is 0 Å². The number of anilines is 1. The van der Waals surface area contributed by atoms with Crippen LogP contribution in [0, 0.1) is 5.92 Å². The lowest BCUT2D eigenvalue weighted by atomic mass is 10.1. The Balaban J connectivity index is 1.52. The third-order valence-corrected chi connectivity index (χ3v) is 5.07. The largest absolute Gasteiger partial charge is 0.495 e. The summed E-state index contributed by atoms with van der Waals surface area (Å²) in [5, 5.41) is 3.65. The number of nitrogens with one attached hydrogen (secondary N) is 2. The van der Waals surface area contributed by atoms with Crippen molar-refractivity contribution in [3.05, 3.63) is 48.0 Å². The molecule has 1 fully saturated rings. The van der Waals surface area contributed by atoms with E-state index in [2.05, 4.69) is 10.7 Å². The van der Waals surface area contributed by atoms with E-state index in [9.17, 15) is 19.2 Å². The number of benzene rings is 2. The van der Waals surface area contributed by atoms with Crippen molar-refractivity contribution < 1.29 is 38.1 Å². The van der Waals surface area contributed by atoms with E-state index in [-0.39, 0.29) is 18.5 Å². The predicted octanol–water partition coefficient (Wildman–Crippen LogP) is 1.39. The number of amides is 3. The summed E-state index contributed by atoms with van der Waals surface area (Å²) in [5.41, 5.74) is 3.15. The van der Waals surface area contributed by atoms with Crippen LogP contribution in [0.4, 0.5) is 5.69 Å². The van der Waals surface area contributed by atoms with Gasteiger partial charge in [-0.3, -0.25) is 29.6 Å². The normalized spacial score (nSPS) is 14.9. The van der Waals surface area contributed by atoms with Gasteiger partial charge >= 0.3 is 5.97 Å². The summed E-state index contributed by atoms with van der Waals surface area (Å²) < 4.78 is 20.5. The molecule has 0 aliphatic carbocycles. The van der Waals surface area contributed by atoms with E-state index in [0.29, 0.717) is 22.9 Å². The Morgan fingerprint density at radius 2 is 1.68 bits per heavy atom. The van der Waals surface area contributed by atoms with Gasteiger partial charge in [-0.1, -0.05) is 12.1 Å². The van der Waals surface area contributed by atoms with Gasteiger partial charge in [0.2, 0.25) is 5.91 Å². The number of hydrogen-bond donors (Lipinski definition) is 2. The zero-order valence-corrected chi connectivity index (χ0v) is 19.0. The third kappa shape index (κ3) is 5.74. The SMILES string of the molecule is COc1ccccc1NC(=O)COC(=O)[C@@H]1CC(=O)N(NC(=O)c2ccc(OC)c(OC)c2)C1. The molecular formula is C23H25N3O8. The molecule has 1 aliphatic rings. The summed E-state index contributed by atoms with van der Waals surface area (Å²) >= 11 is 0. The van der Waals surface area contributed by atoms with Crippen molar-refractivity contribution in [1.82, 2.24) is 10.4 Å². The van der Waals surface area contributed by atoms with E-state index in [1.807, 2.05) is 0 Å². The van der Waals surface area contributed by atoms with Crippen molar-refractivity contribution >= 4 is 29.4 Å². The fraction of sp³-hybridized carbons (Fsp3) is 0.304. The van der Waals surface area contributed by atoms with E-state index in [1.165, 1.54) is 33.5 Å². The topological polar surface area (TPSA) is 132 Å². The van der Waals surface area contributed by atoms with Crippen molar-refractivity contribution in [2.24, 2.45) is 5.92 Å². The lowest BCUT2D eigenvalue weighted by molar-refractivity contribution is -0.151. The molecule has 1 heterocycles. The molecule has 0 aromatic heterocycles. The number of hydrazine groups is 1. The van der Waals surface area contributed by atoms with Crippen LogP contribution in [0.15, 0.2) is 42.5 Å². The van der Waals surface area contributed by atoms with Crippen LogP contribution >= 0.6 is 0 Å². The first kappa shape index (κ1) is 24.4. The second-order valence-corrected chi connectivity index (χ2v) is 7.27. The third-order valence-electron chi connectivity index (χ3n) is 5.07. The molecule has 3 amide bonds. The number of para-hydroxylation sites is 2. The lowest BCUT2D eigenvalue weighted by Gasteiger charge is -2.18. The van der Waals surface area contributed by atoms with Gasteiger partial charge in [-0.05, 0) is 30.3 Å². The lowest BCUT2D eigenvalue weighted by Crippen LogP contribution is -2.43. The zero-order chi connectivity index (χ0) is 24.7. The molecule has 180 valence electrons. The number of ether oxygens (including phenoxy) is 4. The fourth-order valence-corrected chi connectivity index (χ4v) is 3.33. The molecule has 1 atom stereocenters. The molecule has 0 radical (unpaired) electrons.